The van der Waals surface area contributed by atoms with E-state index in [4.69, 9.17) is 0 Å². The molecule has 0 saturated heterocycles. The second-order valence-electron chi connectivity index (χ2n) is 4.86. The van der Waals surface area contributed by atoms with Crippen LogP contribution < -0.4 is 4.90 Å². The minimum atomic E-state index is -0.531. The van der Waals surface area contributed by atoms with Crippen molar-refractivity contribution in [3.05, 3.63) is 29.6 Å². The Bertz CT molecular complexity index is 499. The summed E-state index contributed by atoms with van der Waals surface area (Å²) in [6, 6.07) is 3.88. The average molecular weight is 263 g/mol. The molecule has 0 aliphatic carbocycles. The van der Waals surface area contributed by atoms with Crippen LogP contribution in [-0.4, -0.2) is 18.2 Å². The van der Waals surface area contributed by atoms with E-state index in [-0.39, 0.29) is 0 Å². The third-order valence-electron chi connectivity index (χ3n) is 3.42. The molecule has 0 N–H and O–H groups in total. The molecule has 1 aromatic rings. The first kappa shape index (κ1) is 13.7. The SMILES string of the molecule is CCCCCCCN1C(=O)C(=O)c2ccc(F)cc21. The molecule has 0 spiro atoms. The Labute approximate surface area is 112 Å². The summed E-state index contributed by atoms with van der Waals surface area (Å²) < 4.78 is 13.2. The number of nitrogens with zero attached hydrogens (tertiary/aromatic N) is 1. The van der Waals surface area contributed by atoms with Crippen LogP contribution in [0, 0.1) is 5.82 Å². The van der Waals surface area contributed by atoms with Crippen LogP contribution in [0.3, 0.4) is 0 Å². The van der Waals surface area contributed by atoms with Gasteiger partial charge in [0.15, 0.2) is 0 Å². The lowest BCUT2D eigenvalue weighted by molar-refractivity contribution is -0.114. The zero-order chi connectivity index (χ0) is 13.8. The van der Waals surface area contributed by atoms with Crippen molar-refractivity contribution in [1.29, 1.82) is 0 Å². The number of Topliss-reactive ketones (excluding diaryl/α,β-unsaturated/α-hetero) is 1. The quantitative estimate of drug-likeness (QED) is 0.583. The summed E-state index contributed by atoms with van der Waals surface area (Å²) in [6.45, 7) is 2.63. The molecule has 0 radical (unpaired) electrons. The minimum Gasteiger partial charge on any atom is -0.305 e. The first-order valence-corrected chi connectivity index (χ1v) is 6.81. The lowest BCUT2D eigenvalue weighted by Gasteiger charge is -2.16. The van der Waals surface area contributed by atoms with Gasteiger partial charge < -0.3 is 4.90 Å². The third kappa shape index (κ3) is 2.83. The number of carbonyl (C=O) groups is 2. The molecule has 4 heteroatoms. The molecule has 3 nitrogen and oxygen atoms in total. The van der Waals surface area contributed by atoms with E-state index in [1.165, 1.54) is 29.5 Å². The first-order chi connectivity index (χ1) is 9.15. The number of unbranched alkanes of at least 4 members (excludes halogenated alkanes) is 4. The lowest BCUT2D eigenvalue weighted by atomic mass is 10.1. The summed E-state index contributed by atoms with van der Waals surface area (Å²) in [4.78, 5) is 25.0. The maximum Gasteiger partial charge on any atom is 0.299 e. The van der Waals surface area contributed by atoms with E-state index in [1.807, 2.05) is 0 Å². The Morgan fingerprint density at radius 1 is 1.11 bits per heavy atom. The van der Waals surface area contributed by atoms with Crippen molar-refractivity contribution < 1.29 is 14.0 Å². The highest BCUT2D eigenvalue weighted by Gasteiger charge is 2.35. The molecule has 102 valence electrons. The zero-order valence-corrected chi connectivity index (χ0v) is 11.1. The molecule has 0 saturated carbocycles. The number of rotatable bonds is 6. The Hall–Kier alpha value is -1.71. The Balaban J connectivity index is 2.04. The van der Waals surface area contributed by atoms with E-state index in [2.05, 4.69) is 6.92 Å². The van der Waals surface area contributed by atoms with Gasteiger partial charge in [-0.05, 0) is 24.6 Å². The van der Waals surface area contributed by atoms with Crippen molar-refractivity contribution in [2.75, 3.05) is 11.4 Å². The van der Waals surface area contributed by atoms with Crippen molar-refractivity contribution >= 4 is 17.4 Å². The second kappa shape index (κ2) is 5.95. The van der Waals surface area contributed by atoms with E-state index >= 15 is 0 Å². The van der Waals surface area contributed by atoms with Crippen LogP contribution in [0.4, 0.5) is 10.1 Å². The lowest BCUT2D eigenvalue weighted by Crippen LogP contribution is -2.30. The number of carbonyl (C=O) groups excluding carboxylic acids is 2. The Morgan fingerprint density at radius 3 is 2.58 bits per heavy atom. The molecular formula is C15H18FNO2. The molecule has 0 atom stereocenters. The number of hydrogen-bond donors (Lipinski definition) is 0. The number of halogens is 1. The van der Waals surface area contributed by atoms with Gasteiger partial charge in [0.2, 0.25) is 0 Å². The molecule has 0 bridgehead atoms. The number of fused-ring (bicyclic) bond motifs is 1. The summed E-state index contributed by atoms with van der Waals surface area (Å²) in [5.74, 6) is -1.48. The predicted octanol–water partition coefficient (Wildman–Crippen LogP) is 3.33. The van der Waals surface area contributed by atoms with Crippen molar-refractivity contribution in [1.82, 2.24) is 0 Å². The van der Waals surface area contributed by atoms with Crippen molar-refractivity contribution in [3.63, 3.8) is 0 Å². The van der Waals surface area contributed by atoms with Crippen LogP contribution in [-0.2, 0) is 4.79 Å². The summed E-state index contributed by atoms with van der Waals surface area (Å²) in [5, 5.41) is 0. The topological polar surface area (TPSA) is 37.4 Å². The Morgan fingerprint density at radius 2 is 1.84 bits per heavy atom. The fourth-order valence-electron chi connectivity index (χ4n) is 2.36. The van der Waals surface area contributed by atoms with Gasteiger partial charge in [-0.15, -0.1) is 0 Å². The highest BCUT2D eigenvalue weighted by Crippen LogP contribution is 2.29. The smallest absolute Gasteiger partial charge is 0.299 e. The van der Waals surface area contributed by atoms with Crippen molar-refractivity contribution in [2.24, 2.45) is 0 Å². The molecule has 0 unspecified atom stereocenters. The van der Waals surface area contributed by atoms with Crippen molar-refractivity contribution in [3.8, 4) is 0 Å². The standard InChI is InChI=1S/C15H18FNO2/c1-2-3-4-5-6-9-17-13-10-11(16)7-8-12(13)14(18)15(17)19/h7-8,10H,2-6,9H2,1H3. The number of hydrogen-bond acceptors (Lipinski definition) is 2. The second-order valence-corrected chi connectivity index (χ2v) is 4.86. The van der Waals surface area contributed by atoms with E-state index in [0.717, 1.165) is 25.7 Å². The molecule has 1 aromatic carbocycles. The van der Waals surface area contributed by atoms with Crippen LogP contribution >= 0.6 is 0 Å². The van der Waals surface area contributed by atoms with Gasteiger partial charge in [-0.3, -0.25) is 9.59 Å². The summed E-state index contributed by atoms with van der Waals surface area (Å²) >= 11 is 0. The van der Waals surface area contributed by atoms with Crippen LogP contribution in [0.15, 0.2) is 18.2 Å². The van der Waals surface area contributed by atoms with Gasteiger partial charge in [-0.2, -0.15) is 0 Å². The molecule has 19 heavy (non-hydrogen) atoms. The third-order valence-corrected chi connectivity index (χ3v) is 3.42. The van der Waals surface area contributed by atoms with E-state index in [9.17, 15) is 14.0 Å². The molecule has 0 fully saturated rings. The molecule has 2 rings (SSSR count). The highest BCUT2D eigenvalue weighted by molar-refractivity contribution is 6.52. The van der Waals surface area contributed by atoms with Crippen LogP contribution in [0.5, 0.6) is 0 Å². The van der Waals surface area contributed by atoms with Gasteiger partial charge in [0.1, 0.15) is 5.82 Å². The summed E-state index contributed by atoms with van der Waals surface area (Å²) in [5.41, 5.74) is 0.741. The van der Waals surface area contributed by atoms with Gasteiger partial charge in [0.25, 0.3) is 11.7 Å². The predicted molar refractivity (Wildman–Crippen MR) is 71.8 cm³/mol. The van der Waals surface area contributed by atoms with Crippen LogP contribution in [0.2, 0.25) is 0 Å². The van der Waals surface area contributed by atoms with Gasteiger partial charge >= 0.3 is 0 Å². The number of benzene rings is 1. The number of ketones is 1. The van der Waals surface area contributed by atoms with Gasteiger partial charge in [-0.25, -0.2) is 4.39 Å². The highest BCUT2D eigenvalue weighted by atomic mass is 19.1. The van der Waals surface area contributed by atoms with Gasteiger partial charge in [0, 0.05) is 6.54 Å². The van der Waals surface area contributed by atoms with Gasteiger partial charge in [0.05, 0.1) is 11.3 Å². The van der Waals surface area contributed by atoms with Gasteiger partial charge in [-0.1, -0.05) is 32.6 Å². The monoisotopic (exact) mass is 263 g/mol. The van der Waals surface area contributed by atoms with E-state index in [1.54, 1.807) is 0 Å². The summed E-state index contributed by atoms with van der Waals surface area (Å²) in [7, 11) is 0. The van der Waals surface area contributed by atoms with Crippen molar-refractivity contribution in [2.45, 2.75) is 39.0 Å². The average Bonchev–Trinajstić information content (AvgIpc) is 2.63. The maximum absolute atomic E-state index is 13.2. The number of anilines is 1. The largest absolute Gasteiger partial charge is 0.305 e. The maximum atomic E-state index is 13.2. The fourth-order valence-corrected chi connectivity index (χ4v) is 2.36. The molecule has 1 amide bonds. The Kier molecular flexibility index (Phi) is 4.30. The molecular weight excluding hydrogens is 245 g/mol. The fraction of sp³-hybridized carbons (Fsp3) is 0.467. The van der Waals surface area contributed by atoms with E-state index in [0.29, 0.717) is 17.8 Å². The minimum absolute atomic E-state index is 0.319. The molecule has 0 aromatic heterocycles. The molecule has 1 aliphatic heterocycles. The normalized spacial score (nSPS) is 14.1. The first-order valence-electron chi connectivity index (χ1n) is 6.81. The number of amides is 1. The van der Waals surface area contributed by atoms with Crippen LogP contribution in [0.1, 0.15) is 49.4 Å². The molecule has 1 aliphatic rings. The molecule has 1 heterocycles. The van der Waals surface area contributed by atoms with Crippen LogP contribution in [0.25, 0.3) is 0 Å². The zero-order valence-electron chi connectivity index (χ0n) is 11.1. The summed E-state index contributed by atoms with van der Waals surface area (Å²) in [6.07, 6.45) is 5.33. The van der Waals surface area contributed by atoms with E-state index < -0.39 is 17.5 Å².